The third-order valence-corrected chi connectivity index (χ3v) is 4.78. The second-order valence-electron chi connectivity index (χ2n) is 5.60. The minimum Gasteiger partial charge on any atom is -0.302 e. The van der Waals surface area contributed by atoms with Crippen molar-refractivity contribution in [3.05, 3.63) is 35.9 Å². The molecule has 4 heteroatoms. The first-order valence-electron chi connectivity index (χ1n) is 6.97. The predicted molar refractivity (Wildman–Crippen MR) is 79.0 cm³/mol. The second-order valence-corrected chi connectivity index (χ2v) is 7.86. The van der Waals surface area contributed by atoms with Crippen molar-refractivity contribution in [3.8, 4) is 0 Å². The fraction of sp³-hybridized carbons (Fsp3) is 0.600. The van der Waals surface area contributed by atoms with Crippen molar-refractivity contribution in [2.45, 2.75) is 19.3 Å². The van der Waals surface area contributed by atoms with Gasteiger partial charge in [0.05, 0.1) is 5.75 Å². The minimum absolute atomic E-state index is 0.288. The SMILES string of the molecule is CS(=O)(=O)CCN1CCC(Cc2ccccc2)CC1. The van der Waals surface area contributed by atoms with Crippen molar-refractivity contribution in [2.24, 2.45) is 5.92 Å². The van der Waals surface area contributed by atoms with Crippen LogP contribution in [0, 0.1) is 5.92 Å². The zero-order valence-electron chi connectivity index (χ0n) is 11.6. The predicted octanol–water partition coefficient (Wildman–Crippen LogP) is 1.99. The highest BCUT2D eigenvalue weighted by Gasteiger charge is 2.20. The third-order valence-electron chi connectivity index (χ3n) is 3.85. The van der Waals surface area contributed by atoms with E-state index >= 15 is 0 Å². The molecule has 0 saturated carbocycles. The Morgan fingerprint density at radius 2 is 1.79 bits per heavy atom. The molecule has 0 N–H and O–H groups in total. The van der Waals surface area contributed by atoms with Gasteiger partial charge in [-0.25, -0.2) is 8.42 Å². The number of hydrogen-bond donors (Lipinski definition) is 0. The Kier molecular flexibility index (Phi) is 4.99. The van der Waals surface area contributed by atoms with E-state index in [1.54, 1.807) is 0 Å². The molecular formula is C15H23NO2S. The van der Waals surface area contributed by atoms with Gasteiger partial charge in [0, 0.05) is 12.8 Å². The van der Waals surface area contributed by atoms with Gasteiger partial charge < -0.3 is 4.90 Å². The van der Waals surface area contributed by atoms with Gasteiger partial charge in [0.2, 0.25) is 0 Å². The number of sulfone groups is 1. The van der Waals surface area contributed by atoms with E-state index < -0.39 is 9.84 Å². The molecule has 1 fully saturated rings. The van der Waals surface area contributed by atoms with Crippen molar-refractivity contribution >= 4 is 9.84 Å². The van der Waals surface area contributed by atoms with Crippen LogP contribution in [0.25, 0.3) is 0 Å². The molecule has 2 rings (SSSR count). The average Bonchev–Trinajstić information content (AvgIpc) is 2.38. The summed E-state index contributed by atoms with van der Waals surface area (Å²) in [6, 6.07) is 10.6. The monoisotopic (exact) mass is 281 g/mol. The number of benzene rings is 1. The largest absolute Gasteiger partial charge is 0.302 e. The molecule has 1 aliphatic heterocycles. The van der Waals surface area contributed by atoms with Crippen LogP contribution < -0.4 is 0 Å². The summed E-state index contributed by atoms with van der Waals surface area (Å²) in [5, 5.41) is 0. The summed E-state index contributed by atoms with van der Waals surface area (Å²) in [7, 11) is -2.83. The van der Waals surface area contributed by atoms with Gasteiger partial charge >= 0.3 is 0 Å². The van der Waals surface area contributed by atoms with Crippen molar-refractivity contribution in [1.29, 1.82) is 0 Å². The van der Waals surface area contributed by atoms with Crippen LogP contribution in [-0.4, -0.2) is 45.0 Å². The Morgan fingerprint density at radius 1 is 1.16 bits per heavy atom. The van der Waals surface area contributed by atoms with Crippen LogP contribution in [0.5, 0.6) is 0 Å². The minimum atomic E-state index is -2.83. The summed E-state index contributed by atoms with van der Waals surface area (Å²) >= 11 is 0. The lowest BCUT2D eigenvalue weighted by Crippen LogP contribution is -2.37. The molecule has 3 nitrogen and oxygen atoms in total. The highest BCUT2D eigenvalue weighted by atomic mass is 32.2. The van der Waals surface area contributed by atoms with Gasteiger partial charge in [-0.05, 0) is 43.8 Å². The Labute approximate surface area is 116 Å². The fourth-order valence-electron chi connectivity index (χ4n) is 2.66. The van der Waals surface area contributed by atoms with E-state index in [1.165, 1.54) is 24.7 Å². The van der Waals surface area contributed by atoms with Gasteiger partial charge in [-0.1, -0.05) is 30.3 Å². The standard InChI is InChI=1S/C15H23NO2S/c1-19(17,18)12-11-16-9-7-15(8-10-16)13-14-5-3-2-4-6-14/h2-6,15H,7-13H2,1H3. The second kappa shape index (κ2) is 6.53. The maximum atomic E-state index is 11.2. The van der Waals surface area contributed by atoms with E-state index in [2.05, 4.69) is 35.2 Å². The molecule has 106 valence electrons. The summed E-state index contributed by atoms with van der Waals surface area (Å²) in [4.78, 5) is 2.28. The topological polar surface area (TPSA) is 37.4 Å². The first kappa shape index (κ1) is 14.5. The highest BCUT2D eigenvalue weighted by molar-refractivity contribution is 7.90. The number of hydrogen-bond acceptors (Lipinski definition) is 3. The summed E-state index contributed by atoms with van der Waals surface area (Å²) in [5.41, 5.74) is 1.41. The molecule has 1 saturated heterocycles. The van der Waals surface area contributed by atoms with E-state index in [0.29, 0.717) is 6.54 Å². The normalized spacial score (nSPS) is 18.6. The molecule has 0 amide bonds. The van der Waals surface area contributed by atoms with Crippen molar-refractivity contribution < 1.29 is 8.42 Å². The van der Waals surface area contributed by atoms with Gasteiger partial charge in [-0.2, -0.15) is 0 Å². The maximum absolute atomic E-state index is 11.2. The smallest absolute Gasteiger partial charge is 0.148 e. The first-order valence-corrected chi connectivity index (χ1v) is 9.03. The Hall–Kier alpha value is -0.870. The molecular weight excluding hydrogens is 258 g/mol. The zero-order chi connectivity index (χ0) is 13.7. The molecule has 0 spiro atoms. The van der Waals surface area contributed by atoms with Crippen LogP contribution in [0.3, 0.4) is 0 Å². The Balaban J connectivity index is 1.74. The van der Waals surface area contributed by atoms with Crippen molar-refractivity contribution in [3.63, 3.8) is 0 Å². The molecule has 1 aromatic carbocycles. The van der Waals surface area contributed by atoms with Crippen LogP contribution in [0.4, 0.5) is 0 Å². The molecule has 19 heavy (non-hydrogen) atoms. The number of piperidine rings is 1. The maximum Gasteiger partial charge on any atom is 0.148 e. The zero-order valence-corrected chi connectivity index (χ0v) is 12.4. The number of nitrogens with zero attached hydrogens (tertiary/aromatic N) is 1. The van der Waals surface area contributed by atoms with E-state index in [0.717, 1.165) is 25.4 Å². The van der Waals surface area contributed by atoms with Gasteiger partial charge in [0.1, 0.15) is 9.84 Å². The van der Waals surface area contributed by atoms with Crippen molar-refractivity contribution in [1.82, 2.24) is 4.90 Å². The van der Waals surface area contributed by atoms with Gasteiger partial charge in [-0.3, -0.25) is 0 Å². The molecule has 0 bridgehead atoms. The lowest BCUT2D eigenvalue weighted by Gasteiger charge is -2.31. The molecule has 0 aromatic heterocycles. The van der Waals surface area contributed by atoms with Crippen LogP contribution in [0.1, 0.15) is 18.4 Å². The molecule has 1 heterocycles. The van der Waals surface area contributed by atoms with E-state index in [1.807, 2.05) is 0 Å². The summed E-state index contributed by atoms with van der Waals surface area (Å²) in [5.74, 6) is 1.04. The molecule has 1 aliphatic rings. The summed E-state index contributed by atoms with van der Waals surface area (Å²) in [6.45, 7) is 2.76. The number of rotatable bonds is 5. The molecule has 0 atom stereocenters. The average molecular weight is 281 g/mol. The Morgan fingerprint density at radius 3 is 2.37 bits per heavy atom. The highest BCUT2D eigenvalue weighted by Crippen LogP contribution is 2.21. The van der Waals surface area contributed by atoms with E-state index in [4.69, 9.17) is 0 Å². The van der Waals surface area contributed by atoms with E-state index in [9.17, 15) is 8.42 Å². The fourth-order valence-corrected chi connectivity index (χ4v) is 3.25. The molecule has 0 radical (unpaired) electrons. The molecule has 0 unspecified atom stereocenters. The van der Waals surface area contributed by atoms with Crippen molar-refractivity contribution in [2.75, 3.05) is 31.6 Å². The van der Waals surface area contributed by atoms with Crippen LogP contribution >= 0.6 is 0 Å². The summed E-state index contributed by atoms with van der Waals surface area (Å²) < 4.78 is 22.3. The Bertz CT molecular complexity index is 476. The van der Waals surface area contributed by atoms with Crippen LogP contribution in [-0.2, 0) is 16.3 Å². The van der Waals surface area contributed by atoms with Crippen LogP contribution in [0.2, 0.25) is 0 Å². The van der Waals surface area contributed by atoms with Gasteiger partial charge in [0.25, 0.3) is 0 Å². The first-order chi connectivity index (χ1) is 9.03. The van der Waals surface area contributed by atoms with Gasteiger partial charge in [0.15, 0.2) is 0 Å². The molecule has 1 aromatic rings. The van der Waals surface area contributed by atoms with Gasteiger partial charge in [-0.15, -0.1) is 0 Å². The van der Waals surface area contributed by atoms with E-state index in [-0.39, 0.29) is 5.75 Å². The number of likely N-dealkylation sites (tertiary alicyclic amines) is 1. The third kappa shape index (κ3) is 5.33. The quantitative estimate of drug-likeness (QED) is 0.828. The molecule has 0 aliphatic carbocycles. The lowest BCUT2D eigenvalue weighted by molar-refractivity contribution is 0.193. The summed E-state index contributed by atoms with van der Waals surface area (Å²) in [6.07, 6.45) is 4.83. The lowest BCUT2D eigenvalue weighted by atomic mass is 9.90. The van der Waals surface area contributed by atoms with Crippen LogP contribution in [0.15, 0.2) is 30.3 Å².